The van der Waals surface area contributed by atoms with Crippen LogP contribution < -0.4 is 0 Å². The Morgan fingerprint density at radius 3 is 0.724 bits per heavy atom. The largest absolute Gasteiger partial charge is 0.472 e. The molecule has 6 atom stereocenters. The quantitative estimate of drug-likeness (QED) is 0.0222. The van der Waals surface area contributed by atoms with Crippen molar-refractivity contribution in [3.8, 4) is 0 Å². The molecular weight excluding hydrogens is 1370 g/mol. The lowest BCUT2D eigenvalue weighted by Crippen LogP contribution is -2.30. The van der Waals surface area contributed by atoms with Gasteiger partial charge in [-0.1, -0.05) is 402 Å². The number of esters is 4. The van der Waals surface area contributed by atoms with Gasteiger partial charge in [0.05, 0.1) is 26.4 Å². The van der Waals surface area contributed by atoms with Gasteiger partial charge in [-0.15, -0.1) is 0 Å². The minimum absolute atomic E-state index is 0.107. The summed E-state index contributed by atoms with van der Waals surface area (Å²) in [7, 11) is -9.93. The monoisotopic (exact) mass is 1540 g/mol. The van der Waals surface area contributed by atoms with Crippen LogP contribution in [0, 0.1) is 17.8 Å². The Kier molecular flexibility index (Phi) is 74.7. The lowest BCUT2D eigenvalue weighted by molar-refractivity contribution is -0.161. The second-order valence-electron chi connectivity index (χ2n) is 32.1. The van der Waals surface area contributed by atoms with Gasteiger partial charge in [0.25, 0.3) is 0 Å². The van der Waals surface area contributed by atoms with Crippen LogP contribution in [0.5, 0.6) is 0 Å². The molecule has 0 saturated carbocycles. The third-order valence-electron chi connectivity index (χ3n) is 20.5. The van der Waals surface area contributed by atoms with E-state index in [0.29, 0.717) is 25.7 Å². The van der Waals surface area contributed by atoms with Gasteiger partial charge in [-0.05, 0) is 43.4 Å². The van der Waals surface area contributed by atoms with Gasteiger partial charge in [-0.2, -0.15) is 0 Å². The molecule has 0 aromatic carbocycles. The zero-order chi connectivity index (χ0) is 77.2. The zero-order valence-electron chi connectivity index (χ0n) is 69.2. The van der Waals surface area contributed by atoms with Crippen LogP contribution in [0.2, 0.25) is 0 Å². The summed E-state index contributed by atoms with van der Waals surface area (Å²) >= 11 is 0. The van der Waals surface area contributed by atoms with E-state index in [2.05, 4.69) is 48.5 Å². The number of hydrogen-bond donors (Lipinski definition) is 3. The first-order valence-electron chi connectivity index (χ1n) is 44.4. The highest BCUT2D eigenvalue weighted by molar-refractivity contribution is 7.47. The van der Waals surface area contributed by atoms with E-state index < -0.39 is 97.5 Å². The standard InChI is InChI=1S/C86H168O17P2/c1-8-10-11-12-13-14-29-39-46-53-60-67-83(88)96-73-81(103-86(91)70-63-56-49-42-35-28-31-37-44-51-58-65-78(5)6)75-100-104(92,93)98-71-80(87)72-99-105(94,95)101-76-82(74-97-84(89)68-61-54-47-40-33-26-23-19-20-24-30-36-43-50-57-64-77(3)4)102-85(90)69-62-55-48-41-34-27-22-18-16-15-17-21-25-32-38-45-52-59-66-79(7)9-2/h77-82,87H,8-76H2,1-7H3,(H,92,93)(H,94,95)/t79?,80-,81+,82+/m0/s1. The van der Waals surface area contributed by atoms with E-state index >= 15 is 0 Å². The Hall–Kier alpha value is -1.94. The molecule has 0 aromatic heterocycles. The van der Waals surface area contributed by atoms with Crippen molar-refractivity contribution in [2.24, 2.45) is 17.8 Å². The number of phosphoric acid groups is 2. The maximum Gasteiger partial charge on any atom is 0.472 e. The average Bonchev–Trinajstić information content (AvgIpc) is 0.907. The first-order chi connectivity index (χ1) is 50.8. The van der Waals surface area contributed by atoms with Crippen LogP contribution in [0.3, 0.4) is 0 Å². The molecule has 0 amide bonds. The molecule has 17 nitrogen and oxygen atoms in total. The Morgan fingerprint density at radius 1 is 0.276 bits per heavy atom. The topological polar surface area (TPSA) is 237 Å². The number of aliphatic hydroxyl groups is 1. The first kappa shape index (κ1) is 103. The third-order valence-corrected chi connectivity index (χ3v) is 22.4. The molecule has 0 saturated heterocycles. The molecule has 0 aliphatic rings. The highest BCUT2D eigenvalue weighted by atomic mass is 31.2. The summed E-state index contributed by atoms with van der Waals surface area (Å²) in [6.45, 7) is 12.1. The van der Waals surface area contributed by atoms with Crippen LogP contribution in [-0.4, -0.2) is 96.7 Å². The van der Waals surface area contributed by atoms with Gasteiger partial charge in [0.1, 0.15) is 19.3 Å². The molecule has 0 radical (unpaired) electrons. The fraction of sp³-hybridized carbons (Fsp3) is 0.953. The normalized spacial score (nSPS) is 14.1. The van der Waals surface area contributed by atoms with E-state index in [0.717, 1.165) is 108 Å². The highest BCUT2D eigenvalue weighted by Gasteiger charge is 2.30. The first-order valence-corrected chi connectivity index (χ1v) is 47.4. The second-order valence-corrected chi connectivity index (χ2v) is 35.0. The number of carbonyl (C=O) groups excluding carboxylic acids is 4. The van der Waals surface area contributed by atoms with Gasteiger partial charge in [0.2, 0.25) is 0 Å². The Labute approximate surface area is 645 Å². The Morgan fingerprint density at radius 2 is 0.486 bits per heavy atom. The number of phosphoric ester groups is 2. The molecule has 105 heavy (non-hydrogen) atoms. The summed E-state index contributed by atoms with van der Waals surface area (Å²) in [5.74, 6) is 0.339. The van der Waals surface area contributed by atoms with Gasteiger partial charge in [0, 0.05) is 25.7 Å². The molecule has 0 rings (SSSR count). The minimum Gasteiger partial charge on any atom is -0.462 e. The van der Waals surface area contributed by atoms with Gasteiger partial charge in [-0.3, -0.25) is 37.3 Å². The summed E-state index contributed by atoms with van der Waals surface area (Å²) in [5.41, 5.74) is 0. The van der Waals surface area contributed by atoms with Crippen LogP contribution in [0.15, 0.2) is 0 Å². The number of carbonyl (C=O) groups is 4. The van der Waals surface area contributed by atoms with Gasteiger partial charge >= 0.3 is 39.5 Å². The van der Waals surface area contributed by atoms with Crippen molar-refractivity contribution >= 4 is 39.5 Å². The molecule has 3 N–H and O–H groups in total. The van der Waals surface area contributed by atoms with E-state index in [1.54, 1.807) is 0 Å². The maximum atomic E-state index is 13.1. The number of ether oxygens (including phenoxy) is 4. The van der Waals surface area contributed by atoms with E-state index in [1.807, 2.05) is 0 Å². The average molecular weight is 1540 g/mol. The van der Waals surface area contributed by atoms with Crippen LogP contribution in [0.4, 0.5) is 0 Å². The molecule has 0 aliphatic carbocycles. The van der Waals surface area contributed by atoms with Crippen LogP contribution in [-0.2, 0) is 65.4 Å². The van der Waals surface area contributed by atoms with Crippen molar-refractivity contribution in [3.05, 3.63) is 0 Å². The molecule has 0 aliphatic heterocycles. The highest BCUT2D eigenvalue weighted by Crippen LogP contribution is 2.45. The smallest absolute Gasteiger partial charge is 0.462 e. The van der Waals surface area contributed by atoms with E-state index in [4.69, 9.17) is 37.0 Å². The third kappa shape index (κ3) is 78.5. The van der Waals surface area contributed by atoms with Crippen molar-refractivity contribution in [1.82, 2.24) is 0 Å². The van der Waals surface area contributed by atoms with Gasteiger partial charge < -0.3 is 33.8 Å². The summed E-state index contributed by atoms with van der Waals surface area (Å²) in [6, 6.07) is 0. The molecule has 3 unspecified atom stereocenters. The SMILES string of the molecule is CCCCCCCCCCCCCC(=O)OC[C@H](COP(=O)(O)OC[C@H](O)COP(=O)(O)OC[C@@H](COC(=O)CCCCCCCCCCCCCCCCCC(C)C)OC(=O)CCCCCCCCCCCCCCCCCCCCC(C)CC)OC(=O)CCCCCCCCCCCCCC(C)C. The van der Waals surface area contributed by atoms with Crippen molar-refractivity contribution in [3.63, 3.8) is 0 Å². The predicted molar refractivity (Wildman–Crippen MR) is 432 cm³/mol. The molecule has 0 bridgehead atoms. The Balaban J connectivity index is 5.23. The summed E-state index contributed by atoms with van der Waals surface area (Å²) in [5, 5.41) is 10.7. The molecule has 624 valence electrons. The van der Waals surface area contributed by atoms with Crippen molar-refractivity contribution in [2.75, 3.05) is 39.6 Å². The lowest BCUT2D eigenvalue weighted by Gasteiger charge is -2.21. The number of unbranched alkanes of at least 4 members (excludes halogenated alkanes) is 51. The fourth-order valence-electron chi connectivity index (χ4n) is 13.3. The summed E-state index contributed by atoms with van der Waals surface area (Å²) < 4.78 is 68.9. The maximum absolute atomic E-state index is 13.1. The van der Waals surface area contributed by atoms with Crippen molar-refractivity contribution in [1.29, 1.82) is 0 Å². The predicted octanol–water partition coefficient (Wildman–Crippen LogP) is 26.1. The van der Waals surface area contributed by atoms with Crippen LogP contribution in [0.1, 0.15) is 453 Å². The lowest BCUT2D eigenvalue weighted by atomic mass is 9.99. The summed E-state index contributed by atoms with van der Waals surface area (Å²) in [4.78, 5) is 73.2. The molecule has 0 heterocycles. The molecule has 0 fully saturated rings. The number of rotatable bonds is 84. The minimum atomic E-state index is -4.97. The van der Waals surface area contributed by atoms with Gasteiger partial charge in [-0.25, -0.2) is 9.13 Å². The second kappa shape index (κ2) is 76.1. The van der Waals surface area contributed by atoms with E-state index in [9.17, 15) is 43.2 Å². The van der Waals surface area contributed by atoms with E-state index in [-0.39, 0.29) is 25.7 Å². The van der Waals surface area contributed by atoms with Gasteiger partial charge in [0.15, 0.2) is 12.2 Å². The number of aliphatic hydroxyl groups excluding tert-OH is 1. The summed E-state index contributed by atoms with van der Waals surface area (Å²) in [6.07, 6.45) is 66.5. The van der Waals surface area contributed by atoms with Crippen molar-refractivity contribution in [2.45, 2.75) is 471 Å². The fourth-order valence-corrected chi connectivity index (χ4v) is 14.9. The molecule has 19 heteroatoms. The number of hydrogen-bond acceptors (Lipinski definition) is 15. The van der Waals surface area contributed by atoms with Crippen LogP contribution in [0.25, 0.3) is 0 Å². The van der Waals surface area contributed by atoms with Crippen LogP contribution >= 0.6 is 15.6 Å². The molecule has 0 spiro atoms. The molecular formula is C86H168O17P2. The zero-order valence-corrected chi connectivity index (χ0v) is 71.0. The van der Waals surface area contributed by atoms with Crippen molar-refractivity contribution < 1.29 is 80.2 Å². The van der Waals surface area contributed by atoms with E-state index in [1.165, 1.54) is 263 Å². The molecule has 0 aromatic rings. The Bertz CT molecular complexity index is 2030.